The summed E-state index contributed by atoms with van der Waals surface area (Å²) in [6.07, 6.45) is 1.71. The van der Waals surface area contributed by atoms with Crippen LogP contribution in [-0.2, 0) is 6.42 Å². The quantitative estimate of drug-likeness (QED) is 0.748. The molecule has 0 saturated heterocycles. The van der Waals surface area contributed by atoms with E-state index in [9.17, 15) is 4.79 Å². The van der Waals surface area contributed by atoms with Gasteiger partial charge in [-0.3, -0.25) is 4.79 Å². The van der Waals surface area contributed by atoms with Crippen LogP contribution >= 0.6 is 0 Å². The third kappa shape index (κ3) is 3.45. The van der Waals surface area contributed by atoms with Crippen LogP contribution in [0.4, 0.5) is 0 Å². The Morgan fingerprint density at radius 3 is 2.28 bits per heavy atom. The van der Waals surface area contributed by atoms with E-state index in [0.29, 0.717) is 12.2 Å². The summed E-state index contributed by atoms with van der Waals surface area (Å²) in [5, 5.41) is 0. The molecule has 0 bridgehead atoms. The van der Waals surface area contributed by atoms with Crippen LogP contribution in [0, 0.1) is 6.92 Å². The van der Waals surface area contributed by atoms with Gasteiger partial charge in [-0.2, -0.15) is 0 Å². The molecule has 0 aliphatic heterocycles. The Bertz CT molecular complexity index is 498. The summed E-state index contributed by atoms with van der Waals surface area (Å²) < 4.78 is 5.62. The molecule has 2 aromatic carbocycles. The predicted molar refractivity (Wildman–Crippen MR) is 72.2 cm³/mol. The molecule has 2 heteroatoms. The average molecular weight is 240 g/mol. The molecule has 2 rings (SSSR count). The zero-order valence-corrected chi connectivity index (χ0v) is 10.4. The summed E-state index contributed by atoms with van der Waals surface area (Å²) in [6, 6.07) is 15.6. The van der Waals surface area contributed by atoms with Gasteiger partial charge in [0.2, 0.25) is 0 Å². The molecule has 0 atom stereocenters. The molecule has 0 spiro atoms. The van der Waals surface area contributed by atoms with Crippen LogP contribution in [0.3, 0.4) is 0 Å². The van der Waals surface area contributed by atoms with E-state index in [1.54, 1.807) is 12.1 Å². The van der Waals surface area contributed by atoms with Crippen molar-refractivity contribution < 1.29 is 9.53 Å². The summed E-state index contributed by atoms with van der Waals surface area (Å²) in [7, 11) is 0. The lowest BCUT2D eigenvalue weighted by molar-refractivity contribution is 0.112. The Labute approximate surface area is 107 Å². The van der Waals surface area contributed by atoms with E-state index in [2.05, 4.69) is 31.2 Å². The third-order valence-electron chi connectivity index (χ3n) is 2.80. The molecule has 92 valence electrons. The lowest BCUT2D eigenvalue weighted by Gasteiger charge is -2.06. The standard InChI is InChI=1S/C16H16O2/c1-13-2-4-14(5-3-13)10-11-18-16-8-6-15(12-17)7-9-16/h2-9,12H,10-11H2,1H3. The van der Waals surface area contributed by atoms with E-state index in [1.165, 1.54) is 11.1 Å². The van der Waals surface area contributed by atoms with Gasteiger partial charge in [0.25, 0.3) is 0 Å². The van der Waals surface area contributed by atoms with Crippen molar-refractivity contribution in [1.29, 1.82) is 0 Å². The fraction of sp³-hybridized carbons (Fsp3) is 0.188. The summed E-state index contributed by atoms with van der Waals surface area (Å²) in [6.45, 7) is 2.72. The first-order valence-corrected chi connectivity index (χ1v) is 6.01. The number of hydrogen-bond acceptors (Lipinski definition) is 2. The molecule has 0 aliphatic rings. The van der Waals surface area contributed by atoms with Crippen molar-refractivity contribution in [2.75, 3.05) is 6.61 Å². The van der Waals surface area contributed by atoms with Gasteiger partial charge in [0, 0.05) is 12.0 Å². The molecule has 0 N–H and O–H groups in total. The van der Waals surface area contributed by atoms with Crippen LogP contribution < -0.4 is 4.74 Å². The van der Waals surface area contributed by atoms with Crippen LogP contribution in [0.1, 0.15) is 21.5 Å². The third-order valence-corrected chi connectivity index (χ3v) is 2.80. The van der Waals surface area contributed by atoms with Gasteiger partial charge in [-0.25, -0.2) is 0 Å². The molecule has 2 aromatic rings. The summed E-state index contributed by atoms with van der Waals surface area (Å²) in [5.41, 5.74) is 3.20. The van der Waals surface area contributed by atoms with Crippen molar-refractivity contribution in [2.45, 2.75) is 13.3 Å². The second-order valence-electron chi connectivity index (χ2n) is 4.27. The highest BCUT2D eigenvalue weighted by Crippen LogP contribution is 2.12. The topological polar surface area (TPSA) is 26.3 Å². The zero-order valence-electron chi connectivity index (χ0n) is 10.4. The molecule has 0 aliphatic carbocycles. The van der Waals surface area contributed by atoms with Crippen LogP contribution in [0.25, 0.3) is 0 Å². The Morgan fingerprint density at radius 2 is 1.67 bits per heavy atom. The minimum Gasteiger partial charge on any atom is -0.493 e. The first-order chi connectivity index (χ1) is 8.78. The minimum atomic E-state index is 0.642. The van der Waals surface area contributed by atoms with E-state index in [4.69, 9.17) is 4.74 Å². The highest BCUT2D eigenvalue weighted by molar-refractivity contribution is 5.74. The summed E-state index contributed by atoms with van der Waals surface area (Å²) in [5.74, 6) is 0.799. The molecular formula is C16H16O2. The van der Waals surface area contributed by atoms with E-state index in [0.717, 1.165) is 18.5 Å². The Kier molecular flexibility index (Phi) is 4.13. The van der Waals surface area contributed by atoms with Crippen molar-refractivity contribution in [1.82, 2.24) is 0 Å². The van der Waals surface area contributed by atoms with Crippen molar-refractivity contribution in [3.8, 4) is 5.75 Å². The summed E-state index contributed by atoms with van der Waals surface area (Å²) in [4.78, 5) is 10.5. The molecule has 0 aromatic heterocycles. The molecule has 0 radical (unpaired) electrons. The first kappa shape index (κ1) is 12.4. The number of carbonyl (C=O) groups is 1. The smallest absolute Gasteiger partial charge is 0.150 e. The minimum absolute atomic E-state index is 0.642. The number of aldehydes is 1. The summed E-state index contributed by atoms with van der Waals surface area (Å²) >= 11 is 0. The van der Waals surface area contributed by atoms with Crippen molar-refractivity contribution in [3.05, 3.63) is 65.2 Å². The fourth-order valence-corrected chi connectivity index (χ4v) is 1.68. The van der Waals surface area contributed by atoms with Crippen LogP contribution in [0.15, 0.2) is 48.5 Å². The highest BCUT2D eigenvalue weighted by Gasteiger charge is 1.96. The zero-order chi connectivity index (χ0) is 12.8. The number of hydrogen-bond donors (Lipinski definition) is 0. The lowest BCUT2D eigenvalue weighted by Crippen LogP contribution is -2.01. The van der Waals surface area contributed by atoms with Gasteiger partial charge in [0.05, 0.1) is 6.61 Å². The second-order valence-corrected chi connectivity index (χ2v) is 4.27. The fourth-order valence-electron chi connectivity index (χ4n) is 1.68. The number of aryl methyl sites for hydroxylation is 1. The number of benzene rings is 2. The SMILES string of the molecule is Cc1ccc(CCOc2ccc(C=O)cc2)cc1. The van der Waals surface area contributed by atoms with E-state index >= 15 is 0 Å². The van der Waals surface area contributed by atoms with Gasteiger partial charge >= 0.3 is 0 Å². The molecule has 0 amide bonds. The van der Waals surface area contributed by atoms with Crippen molar-refractivity contribution in [3.63, 3.8) is 0 Å². The van der Waals surface area contributed by atoms with Crippen molar-refractivity contribution >= 4 is 6.29 Å². The second kappa shape index (κ2) is 6.01. The maximum atomic E-state index is 10.5. The molecule has 0 heterocycles. The van der Waals surface area contributed by atoms with E-state index < -0.39 is 0 Å². The first-order valence-electron chi connectivity index (χ1n) is 6.01. The monoisotopic (exact) mass is 240 g/mol. The largest absolute Gasteiger partial charge is 0.493 e. The van der Waals surface area contributed by atoms with Crippen molar-refractivity contribution in [2.24, 2.45) is 0 Å². The number of rotatable bonds is 5. The normalized spacial score (nSPS) is 10.1. The average Bonchev–Trinajstić information content (AvgIpc) is 2.42. The molecular weight excluding hydrogens is 224 g/mol. The van der Waals surface area contributed by atoms with Crippen LogP contribution in [-0.4, -0.2) is 12.9 Å². The van der Waals surface area contributed by atoms with Crippen LogP contribution in [0.2, 0.25) is 0 Å². The van der Waals surface area contributed by atoms with Gasteiger partial charge in [-0.15, -0.1) is 0 Å². The predicted octanol–water partition coefficient (Wildman–Crippen LogP) is 3.43. The molecule has 0 fully saturated rings. The Hall–Kier alpha value is -2.09. The lowest BCUT2D eigenvalue weighted by atomic mass is 10.1. The van der Waals surface area contributed by atoms with Gasteiger partial charge in [-0.05, 0) is 36.8 Å². The molecule has 0 saturated carbocycles. The van der Waals surface area contributed by atoms with E-state index in [-0.39, 0.29) is 0 Å². The Morgan fingerprint density at radius 1 is 1.00 bits per heavy atom. The highest BCUT2D eigenvalue weighted by atomic mass is 16.5. The van der Waals surface area contributed by atoms with Gasteiger partial charge in [0.1, 0.15) is 12.0 Å². The van der Waals surface area contributed by atoms with Gasteiger partial charge in [-0.1, -0.05) is 29.8 Å². The van der Waals surface area contributed by atoms with Crippen LogP contribution in [0.5, 0.6) is 5.75 Å². The van der Waals surface area contributed by atoms with E-state index in [1.807, 2.05) is 12.1 Å². The van der Waals surface area contributed by atoms with Gasteiger partial charge in [0.15, 0.2) is 0 Å². The maximum absolute atomic E-state index is 10.5. The molecule has 0 unspecified atom stereocenters. The maximum Gasteiger partial charge on any atom is 0.150 e. The Balaban J connectivity index is 1.84. The number of carbonyl (C=O) groups excluding carboxylic acids is 1. The molecule has 18 heavy (non-hydrogen) atoms. The molecule has 2 nitrogen and oxygen atoms in total. The van der Waals surface area contributed by atoms with Gasteiger partial charge < -0.3 is 4.74 Å². The number of ether oxygens (including phenoxy) is 1.